The predicted octanol–water partition coefficient (Wildman–Crippen LogP) is 2.73. The van der Waals surface area contributed by atoms with Gasteiger partial charge < -0.3 is 25.0 Å². The second-order valence-corrected chi connectivity index (χ2v) is 6.49. The summed E-state index contributed by atoms with van der Waals surface area (Å²) in [6.45, 7) is 8.56. The summed E-state index contributed by atoms with van der Waals surface area (Å²) in [4.78, 5) is 7.17. The average molecular weight is 476 g/mol. The highest BCUT2D eigenvalue weighted by atomic mass is 127. The third kappa shape index (κ3) is 6.83. The summed E-state index contributed by atoms with van der Waals surface area (Å²) in [5.41, 5.74) is 1.18. The lowest BCUT2D eigenvalue weighted by molar-refractivity contribution is 0.179. The van der Waals surface area contributed by atoms with Crippen LogP contribution < -0.4 is 20.3 Å². The van der Waals surface area contributed by atoms with Crippen molar-refractivity contribution in [3.63, 3.8) is 0 Å². The van der Waals surface area contributed by atoms with E-state index in [9.17, 15) is 0 Å². The van der Waals surface area contributed by atoms with Crippen LogP contribution in [-0.4, -0.2) is 59.0 Å². The summed E-state index contributed by atoms with van der Waals surface area (Å²) < 4.78 is 10.7. The van der Waals surface area contributed by atoms with Crippen molar-refractivity contribution in [3.8, 4) is 5.75 Å². The molecule has 0 aromatic heterocycles. The molecule has 0 saturated carbocycles. The van der Waals surface area contributed by atoms with Crippen molar-refractivity contribution in [2.24, 2.45) is 10.9 Å². The molecule has 2 unspecified atom stereocenters. The molecule has 1 aromatic rings. The lowest BCUT2D eigenvalue weighted by Crippen LogP contribution is -2.44. The van der Waals surface area contributed by atoms with Crippen LogP contribution >= 0.6 is 24.0 Å². The molecule has 0 bridgehead atoms. The first-order chi connectivity index (χ1) is 12.2. The summed E-state index contributed by atoms with van der Waals surface area (Å²) >= 11 is 0. The number of anilines is 1. The van der Waals surface area contributed by atoms with Crippen LogP contribution in [0.2, 0.25) is 0 Å². The quantitative estimate of drug-likeness (QED) is 0.344. The monoisotopic (exact) mass is 476 g/mol. The second kappa shape index (κ2) is 12.2. The van der Waals surface area contributed by atoms with Gasteiger partial charge in [0, 0.05) is 39.3 Å². The third-order valence-electron chi connectivity index (χ3n) is 4.36. The normalized spacial score (nSPS) is 18.2. The number of benzene rings is 1. The Balaban J connectivity index is 0.00000338. The molecule has 1 aromatic carbocycles. The highest BCUT2D eigenvalue weighted by Gasteiger charge is 2.24. The van der Waals surface area contributed by atoms with E-state index < -0.39 is 0 Å². The maximum atomic E-state index is 5.49. The third-order valence-corrected chi connectivity index (χ3v) is 4.36. The molecule has 0 aliphatic carbocycles. The maximum absolute atomic E-state index is 5.49. The Kier molecular flexibility index (Phi) is 10.7. The zero-order valence-electron chi connectivity index (χ0n) is 16.3. The van der Waals surface area contributed by atoms with Crippen LogP contribution in [0.25, 0.3) is 0 Å². The summed E-state index contributed by atoms with van der Waals surface area (Å²) in [6, 6.07) is 8.45. The highest BCUT2D eigenvalue weighted by Crippen LogP contribution is 2.31. The van der Waals surface area contributed by atoms with Gasteiger partial charge >= 0.3 is 0 Å². The van der Waals surface area contributed by atoms with Gasteiger partial charge in [0.05, 0.1) is 19.4 Å². The molecule has 1 heterocycles. The van der Waals surface area contributed by atoms with Gasteiger partial charge in [0.15, 0.2) is 5.96 Å². The lowest BCUT2D eigenvalue weighted by atomic mass is 10.1. The Hall–Kier alpha value is -1.22. The number of guanidine groups is 1. The van der Waals surface area contributed by atoms with Crippen LogP contribution in [0.15, 0.2) is 29.3 Å². The van der Waals surface area contributed by atoms with Crippen molar-refractivity contribution in [1.29, 1.82) is 0 Å². The number of para-hydroxylation sites is 2. The number of hydrogen-bond acceptors (Lipinski definition) is 4. The fraction of sp³-hybridized carbons (Fsp3) is 0.632. The van der Waals surface area contributed by atoms with Crippen LogP contribution in [0.3, 0.4) is 0 Å². The van der Waals surface area contributed by atoms with Crippen molar-refractivity contribution in [2.75, 3.05) is 51.9 Å². The molecule has 0 radical (unpaired) electrons. The zero-order chi connectivity index (χ0) is 18.1. The Labute approximate surface area is 174 Å². The molecule has 6 nitrogen and oxygen atoms in total. The number of methoxy groups -OCH3 is 2. The molecule has 1 aliphatic heterocycles. The zero-order valence-corrected chi connectivity index (χ0v) is 18.7. The number of nitrogens with zero attached hydrogens (tertiary/aromatic N) is 2. The Morgan fingerprint density at radius 1 is 1.35 bits per heavy atom. The van der Waals surface area contributed by atoms with Gasteiger partial charge in [0.25, 0.3) is 0 Å². The number of halogens is 1. The van der Waals surface area contributed by atoms with Crippen molar-refractivity contribution < 1.29 is 9.47 Å². The van der Waals surface area contributed by atoms with Crippen LogP contribution in [0.1, 0.15) is 20.3 Å². The lowest BCUT2D eigenvalue weighted by Gasteiger charge is -2.21. The minimum atomic E-state index is 0. The van der Waals surface area contributed by atoms with Gasteiger partial charge in [0.2, 0.25) is 0 Å². The van der Waals surface area contributed by atoms with Crippen LogP contribution in [-0.2, 0) is 4.74 Å². The van der Waals surface area contributed by atoms with Crippen molar-refractivity contribution >= 4 is 35.6 Å². The summed E-state index contributed by atoms with van der Waals surface area (Å²) in [7, 11) is 3.44. The highest BCUT2D eigenvalue weighted by molar-refractivity contribution is 14.0. The van der Waals surface area contributed by atoms with E-state index in [1.54, 1.807) is 14.2 Å². The molecule has 0 amide bonds. The molecule has 1 aliphatic rings. The number of hydrogen-bond donors (Lipinski definition) is 2. The number of aliphatic imine (C=N–C) groups is 1. The van der Waals surface area contributed by atoms with Gasteiger partial charge in [-0.15, -0.1) is 24.0 Å². The van der Waals surface area contributed by atoms with Gasteiger partial charge in [-0.3, -0.25) is 4.99 Å². The molecule has 26 heavy (non-hydrogen) atoms. The first kappa shape index (κ1) is 22.8. The molecule has 0 spiro atoms. The van der Waals surface area contributed by atoms with E-state index in [2.05, 4.69) is 41.5 Å². The number of nitrogens with one attached hydrogen (secondary N) is 2. The fourth-order valence-electron chi connectivity index (χ4n) is 3.16. The van der Waals surface area contributed by atoms with Crippen LogP contribution in [0, 0.1) is 5.92 Å². The molecule has 1 saturated heterocycles. The topological polar surface area (TPSA) is 58.1 Å². The summed E-state index contributed by atoms with van der Waals surface area (Å²) in [5.74, 6) is 2.36. The Bertz CT molecular complexity index is 556. The first-order valence-electron chi connectivity index (χ1n) is 9.09. The largest absolute Gasteiger partial charge is 0.495 e. The molecular weight excluding hydrogens is 443 g/mol. The molecule has 2 atom stereocenters. The second-order valence-electron chi connectivity index (χ2n) is 6.49. The van der Waals surface area contributed by atoms with Gasteiger partial charge in [-0.2, -0.15) is 0 Å². The van der Waals surface area contributed by atoms with Gasteiger partial charge in [-0.25, -0.2) is 0 Å². The van der Waals surface area contributed by atoms with Crippen molar-refractivity contribution in [2.45, 2.75) is 26.3 Å². The smallest absolute Gasteiger partial charge is 0.191 e. The average Bonchev–Trinajstić information content (AvgIpc) is 3.09. The van der Waals surface area contributed by atoms with Crippen LogP contribution in [0.4, 0.5) is 5.69 Å². The molecule has 2 rings (SSSR count). The van der Waals surface area contributed by atoms with E-state index in [1.165, 1.54) is 5.69 Å². The molecular formula is C19H33IN4O2. The molecule has 2 N–H and O–H groups in total. The standard InChI is InChI=1S/C19H32N4O2.HI/c1-5-20-19(22-15(2)14-24-3)21-12-16-10-11-23(13-16)17-8-6-7-9-18(17)25-4;/h6-9,15-16H,5,10-14H2,1-4H3,(H2,20,21,22);1H. The number of rotatable bonds is 8. The molecule has 148 valence electrons. The van der Waals surface area contributed by atoms with E-state index >= 15 is 0 Å². The minimum Gasteiger partial charge on any atom is -0.495 e. The predicted molar refractivity (Wildman–Crippen MR) is 119 cm³/mol. The van der Waals surface area contributed by atoms with Gasteiger partial charge in [-0.05, 0) is 38.3 Å². The van der Waals surface area contributed by atoms with Crippen molar-refractivity contribution in [3.05, 3.63) is 24.3 Å². The first-order valence-corrected chi connectivity index (χ1v) is 9.09. The van der Waals surface area contributed by atoms with E-state index in [0.717, 1.165) is 44.3 Å². The Morgan fingerprint density at radius 3 is 2.81 bits per heavy atom. The van der Waals surface area contributed by atoms with Gasteiger partial charge in [-0.1, -0.05) is 12.1 Å². The minimum absolute atomic E-state index is 0. The Morgan fingerprint density at radius 2 is 2.12 bits per heavy atom. The SMILES string of the molecule is CCNC(=NCC1CCN(c2ccccc2OC)C1)NC(C)COC.I. The van der Waals surface area contributed by atoms with E-state index in [0.29, 0.717) is 12.5 Å². The van der Waals surface area contributed by atoms with E-state index in [1.807, 2.05) is 12.1 Å². The van der Waals surface area contributed by atoms with E-state index in [4.69, 9.17) is 14.5 Å². The summed E-state index contributed by atoms with van der Waals surface area (Å²) in [6.07, 6.45) is 1.15. The number of ether oxygens (including phenoxy) is 2. The molecule has 1 fully saturated rings. The molecule has 7 heteroatoms. The summed E-state index contributed by atoms with van der Waals surface area (Å²) in [5, 5.41) is 6.69. The fourth-order valence-corrected chi connectivity index (χ4v) is 3.16. The van der Waals surface area contributed by atoms with Gasteiger partial charge in [0.1, 0.15) is 5.75 Å². The van der Waals surface area contributed by atoms with E-state index in [-0.39, 0.29) is 30.0 Å². The van der Waals surface area contributed by atoms with Crippen LogP contribution in [0.5, 0.6) is 5.75 Å². The maximum Gasteiger partial charge on any atom is 0.191 e. The van der Waals surface area contributed by atoms with Crippen molar-refractivity contribution in [1.82, 2.24) is 10.6 Å².